The maximum absolute atomic E-state index is 11.0. The van der Waals surface area contributed by atoms with Gasteiger partial charge in [0.15, 0.2) is 0 Å². The van der Waals surface area contributed by atoms with E-state index in [1.807, 2.05) is 0 Å². The third-order valence-corrected chi connectivity index (χ3v) is 2.12. The highest BCUT2D eigenvalue weighted by Crippen LogP contribution is 2.08. The van der Waals surface area contributed by atoms with Gasteiger partial charge < -0.3 is 10.6 Å². The highest BCUT2D eigenvalue weighted by atomic mass is 16.1. The van der Waals surface area contributed by atoms with Crippen molar-refractivity contribution in [2.75, 3.05) is 13.1 Å². The van der Waals surface area contributed by atoms with Crippen LogP contribution in [0.4, 0.5) is 0 Å². The summed E-state index contributed by atoms with van der Waals surface area (Å²) in [6, 6.07) is 0.139. The SMILES string of the molecule is C#C[C@H]1CNC[C@@H](NC(=O)C=C)C1. The fraction of sp³-hybridized carbons (Fsp3) is 0.500. The van der Waals surface area contributed by atoms with E-state index < -0.39 is 0 Å². The van der Waals surface area contributed by atoms with Crippen LogP contribution in [0.25, 0.3) is 0 Å². The molecule has 0 unspecified atom stereocenters. The van der Waals surface area contributed by atoms with Gasteiger partial charge in [0.25, 0.3) is 0 Å². The Bertz CT molecular complexity index is 242. The molecule has 2 N–H and O–H groups in total. The number of carbonyl (C=O) groups is 1. The Morgan fingerprint density at radius 2 is 2.46 bits per heavy atom. The second kappa shape index (κ2) is 4.68. The lowest BCUT2D eigenvalue weighted by atomic mass is 9.96. The molecule has 0 aromatic carbocycles. The molecular formula is C10H14N2O. The first-order valence-corrected chi connectivity index (χ1v) is 4.36. The average molecular weight is 178 g/mol. The lowest BCUT2D eigenvalue weighted by molar-refractivity contribution is -0.117. The van der Waals surface area contributed by atoms with Crippen molar-refractivity contribution in [1.29, 1.82) is 0 Å². The zero-order valence-electron chi connectivity index (χ0n) is 7.55. The molecule has 1 amide bonds. The topological polar surface area (TPSA) is 41.1 Å². The molecule has 0 bridgehead atoms. The van der Waals surface area contributed by atoms with Crippen LogP contribution in [-0.2, 0) is 4.79 Å². The molecule has 1 heterocycles. The largest absolute Gasteiger partial charge is 0.349 e. The van der Waals surface area contributed by atoms with E-state index in [2.05, 4.69) is 23.1 Å². The van der Waals surface area contributed by atoms with Crippen LogP contribution in [0.2, 0.25) is 0 Å². The first-order chi connectivity index (χ1) is 6.26. The van der Waals surface area contributed by atoms with E-state index in [4.69, 9.17) is 6.42 Å². The Hall–Kier alpha value is -1.27. The van der Waals surface area contributed by atoms with Gasteiger partial charge in [-0.15, -0.1) is 12.3 Å². The first-order valence-electron chi connectivity index (χ1n) is 4.36. The number of amides is 1. The van der Waals surface area contributed by atoms with Crippen LogP contribution in [0.5, 0.6) is 0 Å². The summed E-state index contributed by atoms with van der Waals surface area (Å²) in [6.45, 7) is 5.03. The molecule has 1 aliphatic rings. The molecule has 1 fully saturated rings. The second-order valence-electron chi connectivity index (χ2n) is 3.17. The summed E-state index contributed by atoms with van der Waals surface area (Å²) in [5, 5.41) is 5.99. The molecule has 3 nitrogen and oxygen atoms in total. The summed E-state index contributed by atoms with van der Waals surface area (Å²) in [5.41, 5.74) is 0. The molecule has 2 atom stereocenters. The highest BCUT2D eigenvalue weighted by Gasteiger charge is 2.20. The van der Waals surface area contributed by atoms with Gasteiger partial charge >= 0.3 is 0 Å². The third-order valence-electron chi connectivity index (χ3n) is 2.12. The van der Waals surface area contributed by atoms with Crippen molar-refractivity contribution in [1.82, 2.24) is 10.6 Å². The first kappa shape index (κ1) is 9.82. The van der Waals surface area contributed by atoms with E-state index in [-0.39, 0.29) is 17.9 Å². The number of hydrogen-bond donors (Lipinski definition) is 2. The fourth-order valence-electron chi connectivity index (χ4n) is 1.44. The minimum atomic E-state index is -0.135. The Balaban J connectivity index is 2.39. The van der Waals surface area contributed by atoms with Crippen molar-refractivity contribution in [2.45, 2.75) is 12.5 Å². The summed E-state index contributed by atoms with van der Waals surface area (Å²) in [7, 11) is 0. The van der Waals surface area contributed by atoms with Crippen LogP contribution in [0.3, 0.4) is 0 Å². The minimum Gasteiger partial charge on any atom is -0.349 e. The Labute approximate surface area is 78.6 Å². The van der Waals surface area contributed by atoms with Gasteiger partial charge in [0.2, 0.25) is 5.91 Å². The lowest BCUT2D eigenvalue weighted by Crippen LogP contribution is -2.48. The van der Waals surface area contributed by atoms with Gasteiger partial charge in [-0.3, -0.25) is 4.79 Å². The monoisotopic (exact) mass is 178 g/mol. The van der Waals surface area contributed by atoms with Crippen LogP contribution in [-0.4, -0.2) is 25.0 Å². The Morgan fingerprint density at radius 3 is 3.08 bits per heavy atom. The molecule has 1 saturated heterocycles. The molecule has 3 heteroatoms. The molecule has 0 aliphatic carbocycles. The standard InChI is InChI=1S/C10H14N2O/c1-3-8-5-9(7-11-6-8)12-10(13)4-2/h1,4,8-9,11H,2,5-7H2,(H,12,13)/t8-,9+/m1/s1. The summed E-state index contributed by atoms with van der Waals surface area (Å²) in [5.74, 6) is 2.78. The predicted octanol–water partition coefficient (Wildman–Crippen LogP) is -0.100. The molecule has 70 valence electrons. The lowest BCUT2D eigenvalue weighted by Gasteiger charge is -2.27. The zero-order valence-corrected chi connectivity index (χ0v) is 7.55. The smallest absolute Gasteiger partial charge is 0.243 e. The average Bonchev–Trinajstić information content (AvgIpc) is 2.18. The van der Waals surface area contributed by atoms with Crippen molar-refractivity contribution in [2.24, 2.45) is 5.92 Å². The molecule has 0 radical (unpaired) electrons. The quantitative estimate of drug-likeness (QED) is 0.458. The molecule has 0 aromatic rings. The second-order valence-corrected chi connectivity index (χ2v) is 3.17. The van der Waals surface area contributed by atoms with Gasteiger partial charge in [-0.05, 0) is 12.5 Å². The predicted molar refractivity (Wildman–Crippen MR) is 51.9 cm³/mol. The number of terminal acetylenes is 1. The summed E-state index contributed by atoms with van der Waals surface area (Å²) in [6.07, 6.45) is 7.43. The summed E-state index contributed by atoms with van der Waals surface area (Å²) >= 11 is 0. The number of nitrogens with one attached hydrogen (secondary N) is 2. The van der Waals surface area contributed by atoms with E-state index in [1.165, 1.54) is 6.08 Å². The summed E-state index contributed by atoms with van der Waals surface area (Å²) in [4.78, 5) is 11.0. The number of carbonyl (C=O) groups excluding carboxylic acids is 1. The molecule has 1 aliphatic heterocycles. The van der Waals surface area contributed by atoms with Crippen molar-refractivity contribution < 1.29 is 4.79 Å². The van der Waals surface area contributed by atoms with Crippen LogP contribution >= 0.6 is 0 Å². The maximum atomic E-state index is 11.0. The van der Waals surface area contributed by atoms with Gasteiger partial charge in [0.05, 0.1) is 0 Å². The van der Waals surface area contributed by atoms with Crippen LogP contribution in [0.15, 0.2) is 12.7 Å². The van der Waals surface area contributed by atoms with E-state index in [9.17, 15) is 4.79 Å². The van der Waals surface area contributed by atoms with Crippen molar-refractivity contribution in [3.63, 3.8) is 0 Å². The van der Waals surface area contributed by atoms with Crippen molar-refractivity contribution >= 4 is 5.91 Å². The minimum absolute atomic E-state index is 0.135. The zero-order chi connectivity index (χ0) is 9.68. The maximum Gasteiger partial charge on any atom is 0.243 e. The fourth-order valence-corrected chi connectivity index (χ4v) is 1.44. The Morgan fingerprint density at radius 1 is 1.69 bits per heavy atom. The van der Waals surface area contributed by atoms with Crippen LogP contribution in [0, 0.1) is 18.3 Å². The van der Waals surface area contributed by atoms with Gasteiger partial charge in [0, 0.05) is 25.0 Å². The highest BCUT2D eigenvalue weighted by molar-refractivity contribution is 5.87. The number of piperidine rings is 1. The van der Waals surface area contributed by atoms with Gasteiger partial charge in [-0.2, -0.15) is 0 Å². The van der Waals surface area contributed by atoms with Crippen molar-refractivity contribution in [3.8, 4) is 12.3 Å². The molecule has 0 saturated carbocycles. The van der Waals surface area contributed by atoms with Gasteiger partial charge in [-0.1, -0.05) is 6.58 Å². The summed E-state index contributed by atoms with van der Waals surface area (Å²) < 4.78 is 0. The number of rotatable bonds is 2. The van der Waals surface area contributed by atoms with Crippen molar-refractivity contribution in [3.05, 3.63) is 12.7 Å². The van der Waals surface area contributed by atoms with E-state index in [0.717, 1.165) is 19.5 Å². The van der Waals surface area contributed by atoms with E-state index >= 15 is 0 Å². The number of hydrogen-bond acceptors (Lipinski definition) is 2. The molecular weight excluding hydrogens is 164 g/mol. The normalized spacial score (nSPS) is 27.3. The van der Waals surface area contributed by atoms with E-state index in [0.29, 0.717) is 0 Å². The molecule has 1 rings (SSSR count). The van der Waals surface area contributed by atoms with Gasteiger partial charge in [-0.25, -0.2) is 0 Å². The third kappa shape index (κ3) is 2.92. The molecule has 0 aromatic heterocycles. The van der Waals surface area contributed by atoms with Gasteiger partial charge in [0.1, 0.15) is 0 Å². The molecule has 0 spiro atoms. The Kier molecular flexibility index (Phi) is 3.53. The van der Waals surface area contributed by atoms with Crippen LogP contribution < -0.4 is 10.6 Å². The molecule has 13 heavy (non-hydrogen) atoms. The van der Waals surface area contributed by atoms with E-state index in [1.54, 1.807) is 0 Å². The van der Waals surface area contributed by atoms with Crippen LogP contribution in [0.1, 0.15) is 6.42 Å².